The molecule has 0 aromatic heterocycles. The minimum Gasteiger partial charge on any atom is -0.346 e. The normalized spacial score (nSPS) is 22.5. The summed E-state index contributed by atoms with van der Waals surface area (Å²) in [7, 11) is 0.548. The van der Waals surface area contributed by atoms with Gasteiger partial charge in [-0.25, -0.2) is 4.79 Å². The third kappa shape index (κ3) is 9.11. The Kier molecular flexibility index (Phi) is 12.5. The first-order chi connectivity index (χ1) is 21.3. The van der Waals surface area contributed by atoms with E-state index in [1.807, 2.05) is 34.6 Å². The summed E-state index contributed by atoms with van der Waals surface area (Å²) >= 11 is 0. The van der Waals surface area contributed by atoms with Gasteiger partial charge in [-0.2, -0.15) is 17.0 Å². The number of nitrogens with zero attached hydrogens (tertiary/aromatic N) is 3. The molecule has 1 aliphatic carbocycles. The lowest BCUT2D eigenvalue weighted by Crippen LogP contribution is -2.62. The van der Waals surface area contributed by atoms with Gasteiger partial charge < -0.3 is 26.2 Å². The number of rotatable bonds is 14. The van der Waals surface area contributed by atoms with E-state index >= 15 is 0 Å². The van der Waals surface area contributed by atoms with Crippen LogP contribution in [0.1, 0.15) is 68.7 Å². The van der Waals surface area contributed by atoms with Gasteiger partial charge in [0.1, 0.15) is 12.1 Å². The van der Waals surface area contributed by atoms with Crippen molar-refractivity contribution in [2.24, 2.45) is 28.1 Å². The molecule has 2 rings (SSSR count). The van der Waals surface area contributed by atoms with Gasteiger partial charge in [0.05, 0.1) is 6.04 Å². The van der Waals surface area contributed by atoms with Gasteiger partial charge in [0.25, 0.3) is 16.1 Å². The Labute approximate surface area is 281 Å². The maximum absolute atomic E-state index is 14.3. The van der Waals surface area contributed by atoms with E-state index in [4.69, 9.17) is 0 Å². The molecule has 2 fully saturated rings. The van der Waals surface area contributed by atoms with Crippen LogP contribution in [0.5, 0.6) is 0 Å². The van der Waals surface area contributed by atoms with Crippen LogP contribution in [0.3, 0.4) is 0 Å². The fourth-order valence-corrected chi connectivity index (χ4v) is 7.04. The summed E-state index contributed by atoms with van der Waals surface area (Å²) in [6, 6.07) is -4.29. The molecule has 6 atom stereocenters. The molecule has 0 bridgehead atoms. The van der Waals surface area contributed by atoms with Gasteiger partial charge in [-0.05, 0) is 34.5 Å². The zero-order valence-electron chi connectivity index (χ0n) is 30.2. The van der Waals surface area contributed by atoms with Crippen LogP contribution < -0.4 is 21.3 Å². The van der Waals surface area contributed by atoms with Gasteiger partial charge in [0, 0.05) is 46.8 Å². The first-order valence-electron chi connectivity index (χ1n) is 16.1. The van der Waals surface area contributed by atoms with Gasteiger partial charge in [0.15, 0.2) is 0 Å². The molecular formula is C32H57N7O7S. The number of Topliss-reactive ketones (excluding diaryl/α,β-unsaturated/α-hetero) is 1. The van der Waals surface area contributed by atoms with Crippen molar-refractivity contribution in [1.29, 1.82) is 0 Å². The molecule has 0 aromatic rings. The van der Waals surface area contributed by atoms with Crippen LogP contribution in [0.2, 0.25) is 0 Å². The van der Waals surface area contributed by atoms with E-state index in [0.29, 0.717) is 6.54 Å². The van der Waals surface area contributed by atoms with Gasteiger partial charge in [0.2, 0.25) is 17.6 Å². The number of piperidine rings is 1. The Morgan fingerprint density at radius 3 is 2.02 bits per heavy atom. The summed E-state index contributed by atoms with van der Waals surface area (Å²) in [4.78, 5) is 68.2. The number of carbonyl (C=O) groups is 5. The molecule has 1 aliphatic heterocycles. The van der Waals surface area contributed by atoms with Crippen molar-refractivity contribution in [3.05, 3.63) is 12.7 Å². The number of likely N-dealkylation sites (tertiary alicyclic amines) is 1. The number of urea groups is 1. The minimum atomic E-state index is -3.74. The average Bonchev–Trinajstić information content (AvgIpc) is 3.27. The molecule has 2 aliphatic rings. The highest BCUT2D eigenvalue weighted by atomic mass is 32.2. The number of fused-ring (bicyclic) bond motifs is 1. The molecular weight excluding hydrogens is 626 g/mol. The molecule has 1 saturated heterocycles. The predicted octanol–water partition coefficient (Wildman–Crippen LogP) is 1.10. The summed E-state index contributed by atoms with van der Waals surface area (Å²) in [5.74, 6) is -2.70. The maximum atomic E-state index is 14.3. The third-order valence-electron chi connectivity index (χ3n) is 9.47. The van der Waals surface area contributed by atoms with Gasteiger partial charge >= 0.3 is 6.03 Å². The van der Waals surface area contributed by atoms with Gasteiger partial charge in [-0.1, -0.05) is 68.4 Å². The maximum Gasteiger partial charge on any atom is 0.315 e. The van der Waals surface area contributed by atoms with Crippen LogP contribution in [0.25, 0.3) is 0 Å². The standard InChI is InChI=1S/C32H57N7O7S/c1-14-16-33-27(42)24(40)20(15-2)34-26(41)23-22-19(32(22,9)10)17-39(23)28(43)25(31(6,7)8)36-29(44)35-21(30(3,4)5)18-38(13)47(45,46)37(11)12/h14,19-23,25H,1,15-18H2,2-13H3,(H,33,42)(H,34,41)(H2,35,36,44)/t19-,20?,21+,22-,23-,25+/m0/s1. The van der Waals surface area contributed by atoms with E-state index in [2.05, 4.69) is 27.8 Å². The van der Waals surface area contributed by atoms with E-state index in [1.165, 1.54) is 32.1 Å². The Morgan fingerprint density at radius 1 is 0.979 bits per heavy atom. The van der Waals surface area contributed by atoms with E-state index in [1.54, 1.807) is 27.7 Å². The summed E-state index contributed by atoms with van der Waals surface area (Å²) in [6.07, 6.45) is 1.62. The SMILES string of the molecule is C=CCNC(=O)C(=O)C(CC)NC(=O)[C@@H]1[C@@H]2[C@H](CN1C(=O)[C@@H](NC(=O)N[C@H](CN(C)S(=O)(=O)N(C)C)C(C)(C)C)C(C)(C)C)C2(C)C. The van der Waals surface area contributed by atoms with Crippen molar-refractivity contribution in [1.82, 2.24) is 34.8 Å². The predicted molar refractivity (Wildman–Crippen MR) is 180 cm³/mol. The summed E-state index contributed by atoms with van der Waals surface area (Å²) in [6.45, 7) is 20.7. The molecule has 4 N–H and O–H groups in total. The van der Waals surface area contributed by atoms with Crippen molar-refractivity contribution in [3.63, 3.8) is 0 Å². The number of ketones is 1. The number of carbonyl (C=O) groups excluding carboxylic acids is 5. The molecule has 0 radical (unpaired) electrons. The molecule has 1 heterocycles. The highest BCUT2D eigenvalue weighted by molar-refractivity contribution is 7.86. The average molecular weight is 684 g/mol. The molecule has 5 amide bonds. The van der Waals surface area contributed by atoms with Crippen molar-refractivity contribution < 1.29 is 32.4 Å². The fraction of sp³-hybridized carbons (Fsp3) is 0.781. The monoisotopic (exact) mass is 683 g/mol. The smallest absolute Gasteiger partial charge is 0.315 e. The molecule has 15 heteroatoms. The molecule has 14 nitrogen and oxygen atoms in total. The second kappa shape index (κ2) is 14.6. The highest BCUT2D eigenvalue weighted by Gasteiger charge is 2.70. The molecule has 0 spiro atoms. The van der Waals surface area contributed by atoms with Crippen molar-refractivity contribution >= 4 is 39.7 Å². The van der Waals surface area contributed by atoms with Crippen molar-refractivity contribution in [2.45, 2.75) is 92.9 Å². The number of amides is 5. The second-order valence-electron chi connectivity index (χ2n) is 15.6. The summed E-state index contributed by atoms with van der Waals surface area (Å²) in [5.41, 5.74) is -1.53. The van der Waals surface area contributed by atoms with E-state index in [-0.39, 0.29) is 36.8 Å². The number of likely N-dealkylation sites (N-methyl/N-ethyl adjacent to an activating group) is 1. The number of hydrogen-bond acceptors (Lipinski definition) is 7. The van der Waals surface area contributed by atoms with Crippen LogP contribution in [0.4, 0.5) is 4.79 Å². The van der Waals surface area contributed by atoms with Crippen LogP contribution in [0, 0.1) is 28.1 Å². The first-order valence-corrected chi connectivity index (χ1v) is 17.5. The zero-order chi connectivity index (χ0) is 36.4. The lowest BCUT2D eigenvalue weighted by molar-refractivity contribution is -0.145. The number of nitrogens with one attached hydrogen (secondary N) is 4. The highest BCUT2D eigenvalue weighted by Crippen LogP contribution is 2.65. The Balaban J connectivity index is 2.32. The van der Waals surface area contributed by atoms with E-state index in [0.717, 1.165) is 8.61 Å². The third-order valence-corrected chi connectivity index (χ3v) is 11.3. The van der Waals surface area contributed by atoms with Crippen LogP contribution in [0.15, 0.2) is 12.7 Å². The quantitative estimate of drug-likeness (QED) is 0.157. The lowest BCUT2D eigenvalue weighted by Gasteiger charge is -2.39. The van der Waals surface area contributed by atoms with Crippen LogP contribution in [-0.2, 0) is 29.4 Å². The molecule has 47 heavy (non-hydrogen) atoms. The van der Waals surface area contributed by atoms with E-state index in [9.17, 15) is 32.4 Å². The van der Waals surface area contributed by atoms with Crippen molar-refractivity contribution in [2.75, 3.05) is 40.8 Å². The molecule has 0 aromatic carbocycles. The molecule has 268 valence electrons. The van der Waals surface area contributed by atoms with Gasteiger partial charge in [-0.3, -0.25) is 19.2 Å². The van der Waals surface area contributed by atoms with Crippen LogP contribution >= 0.6 is 0 Å². The summed E-state index contributed by atoms with van der Waals surface area (Å²) < 4.78 is 27.6. The zero-order valence-corrected chi connectivity index (χ0v) is 31.0. The Bertz CT molecular complexity index is 1330. The number of hydrogen-bond donors (Lipinski definition) is 4. The largest absolute Gasteiger partial charge is 0.346 e. The van der Waals surface area contributed by atoms with Gasteiger partial charge in [-0.15, -0.1) is 6.58 Å². The molecule has 1 saturated carbocycles. The second-order valence-corrected chi connectivity index (χ2v) is 17.9. The fourth-order valence-electron chi connectivity index (χ4n) is 6.15. The first kappa shape index (κ1) is 40.1. The minimum absolute atomic E-state index is 0.0126. The Morgan fingerprint density at radius 2 is 1.55 bits per heavy atom. The Hall–Kier alpha value is -3.04. The topological polar surface area (TPSA) is 177 Å². The van der Waals surface area contributed by atoms with E-state index < -0.39 is 74.7 Å². The van der Waals surface area contributed by atoms with Crippen LogP contribution in [-0.4, -0.2) is 116 Å². The molecule has 1 unspecified atom stereocenters. The lowest BCUT2D eigenvalue weighted by atomic mass is 9.85. The summed E-state index contributed by atoms with van der Waals surface area (Å²) in [5, 5.41) is 10.9. The van der Waals surface area contributed by atoms with Crippen molar-refractivity contribution in [3.8, 4) is 0 Å².